The van der Waals surface area contributed by atoms with E-state index in [1.807, 2.05) is 39.8 Å². The molecule has 4 bridgehead atoms. The molecule has 1 saturated heterocycles. The molecule has 1 aromatic rings. The number of rotatable bonds is 2. The Labute approximate surface area is 164 Å². The molecule has 1 N–H and O–H groups in total. The van der Waals surface area contributed by atoms with E-state index in [1.165, 1.54) is 6.07 Å². The van der Waals surface area contributed by atoms with E-state index in [0.29, 0.717) is 18.4 Å². The van der Waals surface area contributed by atoms with Crippen LogP contribution in [-0.4, -0.2) is 33.5 Å². The highest BCUT2D eigenvalue weighted by molar-refractivity contribution is 6.21. The van der Waals surface area contributed by atoms with Gasteiger partial charge in [0.05, 0.1) is 5.60 Å². The van der Waals surface area contributed by atoms with Crippen molar-refractivity contribution >= 4 is 11.6 Å². The van der Waals surface area contributed by atoms with Gasteiger partial charge in [-0.2, -0.15) is 0 Å². The van der Waals surface area contributed by atoms with Gasteiger partial charge in [0, 0.05) is 30.3 Å². The maximum Gasteiger partial charge on any atom is 0.213 e. The Kier molecular flexibility index (Phi) is 3.25. The number of benzene rings is 1. The molecule has 2 fully saturated rings. The summed E-state index contributed by atoms with van der Waals surface area (Å²) in [6.45, 7) is 8.03. The first-order valence-corrected chi connectivity index (χ1v) is 9.79. The second-order valence-electron chi connectivity index (χ2n) is 9.23. The summed E-state index contributed by atoms with van der Waals surface area (Å²) < 4.78 is 12.7. The molecule has 5 heteroatoms. The molecule has 0 radical (unpaired) electrons. The minimum absolute atomic E-state index is 0.0752. The lowest BCUT2D eigenvalue weighted by molar-refractivity contribution is -0.165. The number of allylic oxidation sites excluding steroid dienone is 1. The van der Waals surface area contributed by atoms with Crippen LogP contribution in [0.4, 0.5) is 0 Å². The number of carbonyl (C=O) groups is 2. The molecule has 1 spiro atoms. The first-order valence-electron chi connectivity index (χ1n) is 9.79. The molecule has 28 heavy (non-hydrogen) atoms. The molecule has 0 aromatic heterocycles. The van der Waals surface area contributed by atoms with Gasteiger partial charge in [-0.25, -0.2) is 0 Å². The smallest absolute Gasteiger partial charge is 0.213 e. The minimum atomic E-state index is -1.33. The van der Waals surface area contributed by atoms with Crippen molar-refractivity contribution in [1.29, 1.82) is 0 Å². The Morgan fingerprint density at radius 2 is 2.04 bits per heavy atom. The predicted molar refractivity (Wildman–Crippen MR) is 102 cm³/mol. The minimum Gasteiger partial charge on any atom is -0.507 e. The molecule has 1 aromatic carbocycles. The first-order chi connectivity index (χ1) is 13.1. The molecule has 146 valence electrons. The van der Waals surface area contributed by atoms with Crippen LogP contribution in [0.25, 0.3) is 0 Å². The second-order valence-corrected chi connectivity index (χ2v) is 9.23. The summed E-state index contributed by atoms with van der Waals surface area (Å²) in [5.41, 5.74) is -1.21. The van der Waals surface area contributed by atoms with E-state index in [2.05, 4.69) is 0 Å². The van der Waals surface area contributed by atoms with Crippen LogP contribution in [-0.2, 0) is 9.53 Å². The summed E-state index contributed by atoms with van der Waals surface area (Å²) in [5.74, 6) is -0.430. The van der Waals surface area contributed by atoms with Crippen molar-refractivity contribution in [3.63, 3.8) is 0 Å². The Morgan fingerprint density at radius 3 is 2.75 bits per heavy atom. The molecule has 5 aliphatic rings. The van der Waals surface area contributed by atoms with Crippen molar-refractivity contribution in [3.8, 4) is 11.5 Å². The SMILES string of the molecule is CC(C)=CCC12OC(C)(C)C3CC4(Oc5cccc(O)c5C(=O)C4=CC31)C2=O. The van der Waals surface area contributed by atoms with E-state index in [-0.39, 0.29) is 40.5 Å². The van der Waals surface area contributed by atoms with Gasteiger partial charge in [0.15, 0.2) is 5.60 Å². The van der Waals surface area contributed by atoms with Gasteiger partial charge < -0.3 is 14.6 Å². The zero-order chi connectivity index (χ0) is 20.1. The molecule has 4 unspecified atom stereocenters. The Balaban J connectivity index is 1.73. The van der Waals surface area contributed by atoms with Crippen LogP contribution < -0.4 is 4.74 Å². The number of Topliss-reactive ketones (excluding diaryl/α,β-unsaturated/α-hetero) is 2. The number of fused-ring (bicyclic) bond motifs is 1. The van der Waals surface area contributed by atoms with Crippen LogP contribution in [0.3, 0.4) is 0 Å². The number of carbonyl (C=O) groups excluding carboxylic acids is 2. The molecular formula is C23H24O5. The summed E-state index contributed by atoms with van der Waals surface area (Å²) in [6, 6.07) is 4.73. The lowest BCUT2D eigenvalue weighted by atomic mass is 9.53. The largest absolute Gasteiger partial charge is 0.507 e. The standard InChI is InChI=1S/C23H24O5/c1-12(2)8-9-22-13-10-14-19(25)18-16(24)6-5-7-17(18)27-23(14,20(22)26)11-15(13)21(3,4)28-22/h5-8,10,13,15,24H,9,11H2,1-4H3. The number of hydrogen-bond acceptors (Lipinski definition) is 5. The van der Waals surface area contributed by atoms with Gasteiger partial charge in [0.1, 0.15) is 22.7 Å². The molecule has 5 nitrogen and oxygen atoms in total. The quantitative estimate of drug-likeness (QED) is 0.791. The van der Waals surface area contributed by atoms with Crippen LogP contribution in [0, 0.1) is 11.8 Å². The van der Waals surface area contributed by atoms with Crippen LogP contribution in [0.1, 0.15) is 50.9 Å². The number of phenolic OH excluding ortho intramolecular Hbond substituents is 1. The fourth-order valence-corrected chi connectivity index (χ4v) is 5.67. The molecular weight excluding hydrogens is 356 g/mol. The van der Waals surface area contributed by atoms with Crippen LogP contribution >= 0.6 is 0 Å². The number of ether oxygens (including phenoxy) is 2. The van der Waals surface area contributed by atoms with Crippen LogP contribution in [0.5, 0.6) is 11.5 Å². The summed E-state index contributed by atoms with van der Waals surface area (Å²) in [6.07, 6.45) is 4.83. The van der Waals surface area contributed by atoms with Crippen LogP contribution in [0.15, 0.2) is 41.5 Å². The number of aromatic hydroxyl groups is 1. The monoisotopic (exact) mass is 380 g/mol. The molecule has 0 amide bonds. The summed E-state index contributed by atoms with van der Waals surface area (Å²) in [5, 5.41) is 10.2. The van der Waals surface area contributed by atoms with Gasteiger partial charge in [-0.15, -0.1) is 0 Å². The topological polar surface area (TPSA) is 72.8 Å². The molecule has 2 heterocycles. The lowest BCUT2D eigenvalue weighted by Crippen LogP contribution is -2.68. The van der Waals surface area contributed by atoms with Crippen molar-refractivity contribution < 1.29 is 24.2 Å². The summed E-state index contributed by atoms with van der Waals surface area (Å²) in [4.78, 5) is 27.2. The van der Waals surface area contributed by atoms with E-state index < -0.39 is 16.8 Å². The van der Waals surface area contributed by atoms with E-state index in [0.717, 1.165) is 5.57 Å². The predicted octanol–water partition coefficient (Wildman–Crippen LogP) is 3.76. The third-order valence-corrected chi connectivity index (χ3v) is 6.92. The Hall–Kier alpha value is -2.40. The highest BCUT2D eigenvalue weighted by Crippen LogP contribution is 2.64. The number of phenols is 1. The van der Waals surface area contributed by atoms with E-state index in [4.69, 9.17) is 9.47 Å². The molecule has 2 aliphatic heterocycles. The third-order valence-electron chi connectivity index (χ3n) is 6.92. The van der Waals surface area contributed by atoms with Crippen molar-refractivity contribution in [3.05, 3.63) is 47.1 Å². The Morgan fingerprint density at radius 1 is 1.29 bits per heavy atom. The first kappa shape index (κ1) is 17.7. The zero-order valence-corrected chi connectivity index (χ0v) is 16.5. The van der Waals surface area contributed by atoms with Crippen molar-refractivity contribution in [2.75, 3.05) is 0 Å². The molecule has 4 atom stereocenters. The number of ketones is 2. The fraction of sp³-hybridized carbons (Fsp3) is 0.478. The van der Waals surface area contributed by atoms with E-state index in [9.17, 15) is 14.7 Å². The van der Waals surface area contributed by atoms with Gasteiger partial charge >= 0.3 is 0 Å². The van der Waals surface area contributed by atoms with Gasteiger partial charge in [0.25, 0.3) is 0 Å². The lowest BCUT2D eigenvalue weighted by Gasteiger charge is -2.53. The summed E-state index contributed by atoms with van der Waals surface area (Å²) >= 11 is 0. The molecule has 1 saturated carbocycles. The normalized spacial score (nSPS) is 36.4. The van der Waals surface area contributed by atoms with E-state index in [1.54, 1.807) is 12.1 Å². The molecule has 6 rings (SSSR count). The van der Waals surface area contributed by atoms with Crippen LogP contribution in [0.2, 0.25) is 0 Å². The van der Waals surface area contributed by atoms with Crippen molar-refractivity contribution in [1.82, 2.24) is 0 Å². The van der Waals surface area contributed by atoms with Gasteiger partial charge in [-0.3, -0.25) is 9.59 Å². The highest BCUT2D eigenvalue weighted by atomic mass is 16.6. The number of hydrogen-bond donors (Lipinski definition) is 1. The summed E-state index contributed by atoms with van der Waals surface area (Å²) in [7, 11) is 0. The van der Waals surface area contributed by atoms with Crippen molar-refractivity contribution in [2.24, 2.45) is 11.8 Å². The maximum absolute atomic E-state index is 13.9. The van der Waals surface area contributed by atoms with E-state index >= 15 is 0 Å². The average Bonchev–Trinajstić information content (AvgIpc) is 2.82. The third kappa shape index (κ3) is 1.90. The highest BCUT2D eigenvalue weighted by Gasteiger charge is 2.76. The molecule has 3 aliphatic carbocycles. The van der Waals surface area contributed by atoms with Gasteiger partial charge in [0.2, 0.25) is 11.6 Å². The van der Waals surface area contributed by atoms with Gasteiger partial charge in [-0.1, -0.05) is 23.8 Å². The zero-order valence-electron chi connectivity index (χ0n) is 16.5. The average molecular weight is 380 g/mol. The van der Waals surface area contributed by atoms with Crippen molar-refractivity contribution in [2.45, 2.75) is 57.3 Å². The fourth-order valence-electron chi connectivity index (χ4n) is 5.67. The Bertz CT molecular complexity index is 996. The van der Waals surface area contributed by atoms with Gasteiger partial charge in [-0.05, 0) is 39.8 Å². The second kappa shape index (κ2) is 5.15. The maximum atomic E-state index is 13.9.